The van der Waals surface area contributed by atoms with Crippen LogP contribution in [0.3, 0.4) is 0 Å². The second-order valence-corrected chi connectivity index (χ2v) is 6.01. The van der Waals surface area contributed by atoms with Crippen molar-refractivity contribution < 1.29 is 9.59 Å². The maximum Gasteiger partial charge on any atom is 0.317 e. The summed E-state index contributed by atoms with van der Waals surface area (Å²) in [6.07, 6.45) is 7.93. The molecule has 2 N–H and O–H groups in total. The van der Waals surface area contributed by atoms with E-state index in [1.807, 2.05) is 11.8 Å². The monoisotopic (exact) mass is 281 g/mol. The highest BCUT2D eigenvalue weighted by Crippen LogP contribution is 2.18. The zero-order valence-corrected chi connectivity index (χ0v) is 12.5. The Morgan fingerprint density at radius 3 is 2.20 bits per heavy atom. The zero-order chi connectivity index (χ0) is 14.4. The number of urea groups is 1. The van der Waals surface area contributed by atoms with Gasteiger partial charge in [0.2, 0.25) is 5.91 Å². The molecule has 0 radical (unpaired) electrons. The molecule has 2 aliphatic rings. The number of likely N-dealkylation sites (tertiary alicyclic amines) is 1. The molecule has 2 fully saturated rings. The average molecular weight is 281 g/mol. The summed E-state index contributed by atoms with van der Waals surface area (Å²) in [5.74, 6) is 0.140. The highest BCUT2D eigenvalue weighted by Gasteiger charge is 2.25. The van der Waals surface area contributed by atoms with Gasteiger partial charge in [0, 0.05) is 31.6 Å². The molecule has 0 aromatic heterocycles. The van der Waals surface area contributed by atoms with Gasteiger partial charge in [0.1, 0.15) is 0 Å². The van der Waals surface area contributed by atoms with Gasteiger partial charge < -0.3 is 15.5 Å². The minimum Gasteiger partial charge on any atom is -0.353 e. The molecule has 1 saturated heterocycles. The number of hydrogen-bond donors (Lipinski definition) is 2. The molecule has 1 aliphatic carbocycles. The predicted molar refractivity (Wildman–Crippen MR) is 78.4 cm³/mol. The Labute approximate surface area is 121 Å². The number of carbonyl (C=O) groups excluding carboxylic acids is 2. The van der Waals surface area contributed by atoms with Gasteiger partial charge in [0.05, 0.1) is 0 Å². The molecule has 5 heteroatoms. The van der Waals surface area contributed by atoms with E-state index < -0.39 is 0 Å². The lowest BCUT2D eigenvalue weighted by Crippen LogP contribution is -2.50. The first-order chi connectivity index (χ1) is 9.69. The van der Waals surface area contributed by atoms with Gasteiger partial charge in [-0.15, -0.1) is 0 Å². The second-order valence-electron chi connectivity index (χ2n) is 6.01. The van der Waals surface area contributed by atoms with E-state index in [9.17, 15) is 9.59 Å². The van der Waals surface area contributed by atoms with Crippen molar-refractivity contribution in [2.75, 3.05) is 13.1 Å². The van der Waals surface area contributed by atoms with E-state index in [0.29, 0.717) is 12.5 Å². The smallest absolute Gasteiger partial charge is 0.317 e. The van der Waals surface area contributed by atoms with Gasteiger partial charge in [-0.3, -0.25) is 4.79 Å². The van der Waals surface area contributed by atoms with E-state index in [1.165, 1.54) is 12.8 Å². The fourth-order valence-corrected chi connectivity index (χ4v) is 3.09. The normalized spacial score (nSPS) is 20.9. The summed E-state index contributed by atoms with van der Waals surface area (Å²) in [6, 6.07) is 0.698. The lowest BCUT2D eigenvalue weighted by Gasteiger charge is -2.33. The standard InChI is InChI=1S/C15H27N3O2/c1-2-5-14(19)16-13-8-10-18(11-9-13)15(20)17-12-6-3-4-7-12/h12-13H,2-11H2,1H3,(H,16,19)(H,17,20). The molecule has 114 valence electrons. The van der Waals surface area contributed by atoms with Gasteiger partial charge in [-0.25, -0.2) is 4.79 Å². The molecule has 3 amide bonds. The van der Waals surface area contributed by atoms with Crippen LogP contribution >= 0.6 is 0 Å². The van der Waals surface area contributed by atoms with E-state index in [4.69, 9.17) is 0 Å². The van der Waals surface area contributed by atoms with Crippen molar-refractivity contribution in [1.82, 2.24) is 15.5 Å². The molecule has 0 atom stereocenters. The number of nitrogens with zero attached hydrogens (tertiary/aromatic N) is 1. The summed E-state index contributed by atoms with van der Waals surface area (Å²) >= 11 is 0. The summed E-state index contributed by atoms with van der Waals surface area (Å²) in [5, 5.41) is 6.18. The van der Waals surface area contributed by atoms with Gasteiger partial charge in [-0.2, -0.15) is 0 Å². The van der Waals surface area contributed by atoms with Crippen molar-refractivity contribution in [3.05, 3.63) is 0 Å². The van der Waals surface area contributed by atoms with Crippen molar-refractivity contribution in [3.63, 3.8) is 0 Å². The van der Waals surface area contributed by atoms with Gasteiger partial charge in [-0.1, -0.05) is 19.8 Å². The van der Waals surface area contributed by atoms with Gasteiger partial charge in [-0.05, 0) is 32.1 Å². The Morgan fingerprint density at radius 2 is 1.60 bits per heavy atom. The number of hydrogen-bond acceptors (Lipinski definition) is 2. The second kappa shape index (κ2) is 7.50. The first-order valence-electron chi connectivity index (χ1n) is 8.04. The summed E-state index contributed by atoms with van der Waals surface area (Å²) in [4.78, 5) is 25.6. The molecule has 0 unspecified atom stereocenters. The summed E-state index contributed by atoms with van der Waals surface area (Å²) < 4.78 is 0. The molecule has 0 aromatic rings. The SMILES string of the molecule is CCCC(=O)NC1CCN(C(=O)NC2CCCC2)CC1. The maximum atomic E-state index is 12.1. The fraction of sp³-hybridized carbons (Fsp3) is 0.867. The van der Waals surface area contributed by atoms with E-state index in [0.717, 1.165) is 45.2 Å². The van der Waals surface area contributed by atoms with Crippen LogP contribution in [0.25, 0.3) is 0 Å². The first kappa shape index (κ1) is 15.1. The lowest BCUT2D eigenvalue weighted by molar-refractivity contribution is -0.122. The van der Waals surface area contributed by atoms with E-state index in [2.05, 4.69) is 10.6 Å². The zero-order valence-electron chi connectivity index (χ0n) is 12.5. The highest BCUT2D eigenvalue weighted by molar-refractivity contribution is 5.76. The molecule has 20 heavy (non-hydrogen) atoms. The molecular weight excluding hydrogens is 254 g/mol. The highest BCUT2D eigenvalue weighted by atomic mass is 16.2. The van der Waals surface area contributed by atoms with Crippen LogP contribution < -0.4 is 10.6 Å². The predicted octanol–water partition coefficient (Wildman–Crippen LogP) is 2.02. The quantitative estimate of drug-likeness (QED) is 0.828. The Kier molecular flexibility index (Phi) is 5.68. The van der Waals surface area contributed by atoms with Crippen LogP contribution in [0.1, 0.15) is 58.3 Å². The van der Waals surface area contributed by atoms with Crippen LogP contribution in [0, 0.1) is 0 Å². The number of rotatable bonds is 4. The van der Waals surface area contributed by atoms with Crippen molar-refractivity contribution in [2.24, 2.45) is 0 Å². The van der Waals surface area contributed by atoms with Crippen LogP contribution in [-0.2, 0) is 4.79 Å². The van der Waals surface area contributed by atoms with Crippen LogP contribution in [0.15, 0.2) is 0 Å². The molecule has 0 bridgehead atoms. The topological polar surface area (TPSA) is 61.4 Å². The molecule has 0 aromatic carbocycles. The summed E-state index contributed by atoms with van der Waals surface area (Å²) in [5.41, 5.74) is 0. The van der Waals surface area contributed by atoms with Gasteiger partial charge >= 0.3 is 6.03 Å². The molecule has 5 nitrogen and oxygen atoms in total. The first-order valence-corrected chi connectivity index (χ1v) is 8.04. The van der Waals surface area contributed by atoms with Crippen LogP contribution in [-0.4, -0.2) is 42.0 Å². The lowest BCUT2D eigenvalue weighted by atomic mass is 10.0. The van der Waals surface area contributed by atoms with Crippen molar-refractivity contribution in [3.8, 4) is 0 Å². The van der Waals surface area contributed by atoms with Gasteiger partial charge in [0.15, 0.2) is 0 Å². The number of amides is 3. The molecule has 1 aliphatic heterocycles. The van der Waals surface area contributed by atoms with Crippen LogP contribution in [0.5, 0.6) is 0 Å². The number of nitrogens with one attached hydrogen (secondary N) is 2. The Hall–Kier alpha value is -1.26. The third-order valence-electron chi connectivity index (χ3n) is 4.31. The summed E-state index contributed by atoms with van der Waals surface area (Å²) in [6.45, 7) is 3.50. The molecule has 1 heterocycles. The fourth-order valence-electron chi connectivity index (χ4n) is 3.09. The summed E-state index contributed by atoms with van der Waals surface area (Å²) in [7, 11) is 0. The van der Waals surface area contributed by atoms with Crippen LogP contribution in [0.2, 0.25) is 0 Å². The minimum absolute atomic E-state index is 0.0789. The molecular formula is C15H27N3O2. The number of piperidine rings is 1. The number of carbonyl (C=O) groups is 2. The van der Waals surface area contributed by atoms with Crippen LogP contribution in [0.4, 0.5) is 4.79 Å². The third-order valence-corrected chi connectivity index (χ3v) is 4.31. The minimum atomic E-state index is 0.0789. The van der Waals surface area contributed by atoms with Gasteiger partial charge in [0.25, 0.3) is 0 Å². The van der Waals surface area contributed by atoms with Crippen molar-refractivity contribution in [1.29, 1.82) is 0 Å². The molecule has 1 saturated carbocycles. The van der Waals surface area contributed by atoms with E-state index in [1.54, 1.807) is 0 Å². The Balaban J connectivity index is 1.67. The molecule has 2 rings (SSSR count). The average Bonchev–Trinajstić information content (AvgIpc) is 2.92. The maximum absolute atomic E-state index is 12.1. The van der Waals surface area contributed by atoms with E-state index >= 15 is 0 Å². The Morgan fingerprint density at radius 1 is 1.00 bits per heavy atom. The van der Waals surface area contributed by atoms with E-state index in [-0.39, 0.29) is 18.0 Å². The molecule has 0 spiro atoms. The third kappa shape index (κ3) is 4.39. The van der Waals surface area contributed by atoms with Crippen molar-refractivity contribution >= 4 is 11.9 Å². The largest absolute Gasteiger partial charge is 0.353 e. The Bertz CT molecular complexity index is 332. The van der Waals surface area contributed by atoms with Crippen molar-refractivity contribution in [2.45, 2.75) is 70.4 Å².